The van der Waals surface area contributed by atoms with E-state index in [4.69, 9.17) is 15.2 Å². The number of aryl methyl sites for hydroxylation is 1. The average molecular weight is 276 g/mol. The Labute approximate surface area is 116 Å². The minimum absolute atomic E-state index is 0.289. The molecular weight excluding hydrogens is 260 g/mol. The van der Waals surface area contributed by atoms with Gasteiger partial charge in [0.2, 0.25) is 0 Å². The Balaban J connectivity index is 2.32. The zero-order valence-corrected chi connectivity index (χ0v) is 11.5. The number of anilines is 2. The number of ether oxygens (including phenoxy) is 2. The maximum absolute atomic E-state index is 12.3. The Morgan fingerprint density at radius 2 is 2.10 bits per heavy atom. The first-order valence-electron chi connectivity index (χ1n) is 5.91. The summed E-state index contributed by atoms with van der Waals surface area (Å²) in [6.45, 7) is 1.77. The van der Waals surface area contributed by atoms with E-state index in [2.05, 4.69) is 15.5 Å². The van der Waals surface area contributed by atoms with Crippen molar-refractivity contribution in [2.45, 2.75) is 6.92 Å². The molecule has 0 fully saturated rings. The van der Waals surface area contributed by atoms with Crippen LogP contribution in [0.1, 0.15) is 16.1 Å². The fourth-order valence-electron chi connectivity index (χ4n) is 1.77. The van der Waals surface area contributed by atoms with Crippen molar-refractivity contribution in [3.05, 3.63) is 29.5 Å². The van der Waals surface area contributed by atoms with Crippen LogP contribution in [0, 0.1) is 6.92 Å². The van der Waals surface area contributed by atoms with Crippen LogP contribution < -0.4 is 20.5 Å². The van der Waals surface area contributed by atoms with Gasteiger partial charge in [-0.2, -0.15) is 5.10 Å². The predicted octanol–water partition coefficient (Wildman–Crippen LogP) is 1.57. The number of para-hydroxylation sites is 1. The van der Waals surface area contributed by atoms with E-state index in [0.29, 0.717) is 28.4 Å². The Hall–Kier alpha value is -2.70. The Bertz CT molecular complexity index is 637. The summed E-state index contributed by atoms with van der Waals surface area (Å²) in [5, 5.41) is 9.26. The van der Waals surface area contributed by atoms with Gasteiger partial charge < -0.3 is 20.5 Å². The third kappa shape index (κ3) is 2.37. The SMILES string of the molecule is COc1cccc(C(=O)Nc2n[nH]c(C)c2N)c1OC. The number of nitrogens with zero attached hydrogens (tertiary/aromatic N) is 1. The maximum Gasteiger partial charge on any atom is 0.260 e. The number of hydrogen-bond acceptors (Lipinski definition) is 5. The topological polar surface area (TPSA) is 102 Å². The largest absolute Gasteiger partial charge is 0.493 e. The molecule has 1 aromatic carbocycles. The van der Waals surface area contributed by atoms with Gasteiger partial charge in [0.15, 0.2) is 17.3 Å². The van der Waals surface area contributed by atoms with Gasteiger partial charge in [-0.3, -0.25) is 9.89 Å². The molecule has 0 spiro atoms. The molecule has 0 aliphatic carbocycles. The van der Waals surface area contributed by atoms with Crippen LogP contribution in [0.25, 0.3) is 0 Å². The summed E-state index contributed by atoms with van der Waals surface area (Å²) in [6, 6.07) is 5.05. The molecule has 0 unspecified atom stereocenters. The van der Waals surface area contributed by atoms with E-state index in [1.165, 1.54) is 14.2 Å². The highest BCUT2D eigenvalue weighted by atomic mass is 16.5. The fraction of sp³-hybridized carbons (Fsp3) is 0.231. The number of amides is 1. The van der Waals surface area contributed by atoms with E-state index in [-0.39, 0.29) is 11.7 Å². The summed E-state index contributed by atoms with van der Waals surface area (Å²) in [7, 11) is 2.98. The number of nitrogen functional groups attached to an aromatic ring is 1. The average Bonchev–Trinajstić information content (AvgIpc) is 2.78. The Kier molecular flexibility index (Phi) is 3.79. The molecule has 2 rings (SSSR count). The normalized spacial score (nSPS) is 10.2. The highest BCUT2D eigenvalue weighted by Crippen LogP contribution is 2.31. The predicted molar refractivity (Wildman–Crippen MR) is 75.2 cm³/mol. The van der Waals surface area contributed by atoms with Crippen molar-refractivity contribution in [3.8, 4) is 11.5 Å². The number of hydrogen-bond donors (Lipinski definition) is 3. The van der Waals surface area contributed by atoms with Crippen molar-refractivity contribution in [2.75, 3.05) is 25.3 Å². The molecule has 0 atom stereocenters. The number of aromatic nitrogens is 2. The quantitative estimate of drug-likeness (QED) is 0.786. The molecule has 7 heteroatoms. The summed E-state index contributed by atoms with van der Waals surface area (Å²) in [5.41, 5.74) is 7.23. The summed E-state index contributed by atoms with van der Waals surface area (Å²) in [4.78, 5) is 12.3. The van der Waals surface area contributed by atoms with Crippen molar-refractivity contribution in [3.63, 3.8) is 0 Å². The molecule has 1 heterocycles. The molecule has 0 saturated heterocycles. The van der Waals surface area contributed by atoms with Gasteiger partial charge in [-0.25, -0.2) is 0 Å². The van der Waals surface area contributed by atoms with E-state index >= 15 is 0 Å². The van der Waals surface area contributed by atoms with Gasteiger partial charge in [0.1, 0.15) is 0 Å². The second-order valence-corrected chi connectivity index (χ2v) is 4.11. The summed E-state index contributed by atoms with van der Waals surface area (Å²) >= 11 is 0. The first-order valence-corrected chi connectivity index (χ1v) is 5.91. The number of carbonyl (C=O) groups is 1. The molecule has 4 N–H and O–H groups in total. The first kappa shape index (κ1) is 13.7. The van der Waals surface area contributed by atoms with Gasteiger partial charge in [0.05, 0.1) is 31.2 Å². The van der Waals surface area contributed by atoms with Crippen LogP contribution in [0.3, 0.4) is 0 Å². The second kappa shape index (κ2) is 5.52. The minimum atomic E-state index is -0.376. The molecule has 1 amide bonds. The summed E-state index contributed by atoms with van der Waals surface area (Å²) in [6.07, 6.45) is 0. The fourth-order valence-corrected chi connectivity index (χ4v) is 1.77. The van der Waals surface area contributed by atoms with Crippen molar-refractivity contribution in [1.82, 2.24) is 10.2 Å². The van der Waals surface area contributed by atoms with Crippen LogP contribution in [0.2, 0.25) is 0 Å². The highest BCUT2D eigenvalue weighted by Gasteiger charge is 2.18. The molecular formula is C13H16N4O3. The Morgan fingerprint density at radius 3 is 2.65 bits per heavy atom. The molecule has 0 aliphatic rings. The lowest BCUT2D eigenvalue weighted by atomic mass is 10.1. The monoisotopic (exact) mass is 276 g/mol. The Morgan fingerprint density at radius 1 is 1.35 bits per heavy atom. The van der Waals surface area contributed by atoms with Crippen molar-refractivity contribution >= 4 is 17.4 Å². The number of benzene rings is 1. The van der Waals surface area contributed by atoms with Crippen LogP contribution >= 0.6 is 0 Å². The molecule has 106 valence electrons. The number of carbonyl (C=O) groups excluding carboxylic acids is 1. The standard InChI is InChI=1S/C13H16N4O3/c1-7-10(14)12(17-16-7)15-13(18)8-5-4-6-9(19-2)11(8)20-3/h4-6H,14H2,1-3H3,(H2,15,16,17,18). The van der Waals surface area contributed by atoms with Gasteiger partial charge in [0, 0.05) is 0 Å². The number of nitrogens with two attached hydrogens (primary N) is 1. The molecule has 2 aromatic rings. The number of methoxy groups -OCH3 is 2. The van der Waals surface area contributed by atoms with E-state index in [1.807, 2.05) is 0 Å². The molecule has 0 radical (unpaired) electrons. The van der Waals surface area contributed by atoms with Crippen LogP contribution in [0.4, 0.5) is 11.5 Å². The highest BCUT2D eigenvalue weighted by molar-refractivity contribution is 6.07. The summed E-state index contributed by atoms with van der Waals surface area (Å²) in [5.74, 6) is 0.751. The lowest BCUT2D eigenvalue weighted by molar-refractivity contribution is 0.102. The molecule has 0 saturated carbocycles. The van der Waals surface area contributed by atoms with Gasteiger partial charge >= 0.3 is 0 Å². The van der Waals surface area contributed by atoms with E-state index in [1.54, 1.807) is 25.1 Å². The van der Waals surface area contributed by atoms with E-state index in [9.17, 15) is 4.79 Å². The number of rotatable bonds is 4. The number of aromatic amines is 1. The second-order valence-electron chi connectivity index (χ2n) is 4.11. The van der Waals surface area contributed by atoms with E-state index in [0.717, 1.165) is 0 Å². The third-order valence-corrected chi connectivity index (χ3v) is 2.87. The molecule has 7 nitrogen and oxygen atoms in total. The van der Waals surface area contributed by atoms with Crippen molar-refractivity contribution in [2.24, 2.45) is 0 Å². The van der Waals surface area contributed by atoms with Crippen LogP contribution in [-0.4, -0.2) is 30.3 Å². The summed E-state index contributed by atoms with van der Waals surface area (Å²) < 4.78 is 10.4. The van der Waals surface area contributed by atoms with E-state index < -0.39 is 0 Å². The van der Waals surface area contributed by atoms with Crippen LogP contribution in [-0.2, 0) is 0 Å². The zero-order valence-electron chi connectivity index (χ0n) is 11.5. The van der Waals surface area contributed by atoms with Gasteiger partial charge in [-0.05, 0) is 19.1 Å². The maximum atomic E-state index is 12.3. The molecule has 1 aromatic heterocycles. The van der Waals surface area contributed by atoms with Crippen molar-refractivity contribution < 1.29 is 14.3 Å². The van der Waals surface area contributed by atoms with Gasteiger partial charge in [-0.1, -0.05) is 6.07 Å². The number of nitrogens with one attached hydrogen (secondary N) is 2. The zero-order chi connectivity index (χ0) is 14.7. The lowest BCUT2D eigenvalue weighted by Crippen LogP contribution is -2.14. The smallest absolute Gasteiger partial charge is 0.260 e. The van der Waals surface area contributed by atoms with Gasteiger partial charge in [-0.15, -0.1) is 0 Å². The lowest BCUT2D eigenvalue weighted by Gasteiger charge is -2.11. The molecule has 0 aliphatic heterocycles. The molecule has 0 bridgehead atoms. The minimum Gasteiger partial charge on any atom is -0.493 e. The van der Waals surface area contributed by atoms with Crippen LogP contribution in [0.5, 0.6) is 11.5 Å². The van der Waals surface area contributed by atoms with Gasteiger partial charge in [0.25, 0.3) is 5.91 Å². The molecule has 20 heavy (non-hydrogen) atoms. The van der Waals surface area contributed by atoms with Crippen molar-refractivity contribution in [1.29, 1.82) is 0 Å². The first-order chi connectivity index (χ1) is 9.58. The third-order valence-electron chi connectivity index (χ3n) is 2.87. The van der Waals surface area contributed by atoms with Crippen LogP contribution in [0.15, 0.2) is 18.2 Å². The number of H-pyrrole nitrogens is 1.